The lowest BCUT2D eigenvalue weighted by Gasteiger charge is -2.25. The molecule has 0 bridgehead atoms. The quantitative estimate of drug-likeness (QED) is 0.644. The fourth-order valence-corrected chi connectivity index (χ4v) is 2.23. The first-order chi connectivity index (χ1) is 12.1. The van der Waals surface area contributed by atoms with Crippen LogP contribution in [0.3, 0.4) is 0 Å². The van der Waals surface area contributed by atoms with Crippen LogP contribution < -0.4 is 4.90 Å². The number of alkyl halides is 3. The second kappa shape index (κ2) is 7.21. The fraction of sp³-hybridized carbons (Fsp3) is 0.125. The third-order valence-electron chi connectivity index (χ3n) is 3.38. The summed E-state index contributed by atoms with van der Waals surface area (Å²) in [5, 5.41) is 20.0. The Morgan fingerprint density at radius 2 is 1.73 bits per heavy atom. The molecule has 0 aliphatic carbocycles. The van der Waals surface area contributed by atoms with Gasteiger partial charge in [0.2, 0.25) is 0 Å². The first-order valence-electron chi connectivity index (χ1n) is 7.05. The second-order valence-electron chi connectivity index (χ2n) is 5.14. The van der Waals surface area contributed by atoms with E-state index in [-0.39, 0.29) is 4.90 Å². The topological polar surface area (TPSA) is 101 Å². The summed E-state index contributed by atoms with van der Waals surface area (Å²) in [6.07, 6.45) is -5.26. The van der Waals surface area contributed by atoms with Gasteiger partial charge in [-0.3, -0.25) is 19.8 Å². The number of halogens is 3. The minimum Gasteiger partial charge on any atom is -0.478 e. The first kappa shape index (κ1) is 18.9. The third kappa shape index (κ3) is 4.15. The molecule has 0 heterocycles. The highest BCUT2D eigenvalue weighted by Crippen LogP contribution is 2.30. The molecule has 1 N–H and O–H groups in total. The third-order valence-corrected chi connectivity index (χ3v) is 3.38. The number of hydrogen-bond donors (Lipinski definition) is 1. The molecule has 7 nitrogen and oxygen atoms in total. The summed E-state index contributed by atoms with van der Waals surface area (Å²) in [7, 11) is 0. The lowest BCUT2D eigenvalue weighted by atomic mass is 10.1. The van der Waals surface area contributed by atoms with Crippen molar-refractivity contribution >= 4 is 23.3 Å². The number of anilines is 1. The van der Waals surface area contributed by atoms with E-state index in [1.807, 2.05) is 0 Å². The molecular formula is C16H11F3N2O5. The molecule has 0 saturated heterocycles. The molecule has 2 aromatic rings. The van der Waals surface area contributed by atoms with Crippen molar-refractivity contribution in [1.82, 2.24) is 0 Å². The van der Waals surface area contributed by atoms with Crippen LogP contribution >= 0.6 is 0 Å². The highest BCUT2D eigenvalue weighted by Gasteiger charge is 2.44. The predicted octanol–water partition coefficient (Wildman–Crippen LogP) is 3.39. The lowest BCUT2D eigenvalue weighted by molar-refractivity contribution is -0.384. The number of carboxylic acid groups (broad SMARTS) is 1. The molecule has 0 aromatic heterocycles. The van der Waals surface area contributed by atoms with Gasteiger partial charge in [0, 0.05) is 12.1 Å². The van der Waals surface area contributed by atoms with E-state index in [1.54, 1.807) is 18.2 Å². The van der Waals surface area contributed by atoms with Crippen LogP contribution in [0.1, 0.15) is 15.9 Å². The van der Waals surface area contributed by atoms with Crippen LogP contribution in [-0.4, -0.2) is 28.1 Å². The Balaban J connectivity index is 2.59. The van der Waals surface area contributed by atoms with Gasteiger partial charge in [0.1, 0.15) is 0 Å². The van der Waals surface area contributed by atoms with Crippen molar-refractivity contribution in [3.8, 4) is 0 Å². The molecule has 0 saturated carbocycles. The zero-order valence-corrected chi connectivity index (χ0v) is 12.9. The van der Waals surface area contributed by atoms with Gasteiger partial charge in [-0.1, -0.05) is 30.3 Å². The van der Waals surface area contributed by atoms with E-state index in [2.05, 4.69) is 0 Å². The van der Waals surface area contributed by atoms with E-state index in [1.165, 1.54) is 12.1 Å². The van der Waals surface area contributed by atoms with Gasteiger partial charge in [-0.15, -0.1) is 0 Å². The van der Waals surface area contributed by atoms with Crippen LogP contribution in [0, 0.1) is 10.1 Å². The van der Waals surface area contributed by atoms with E-state index < -0.39 is 46.5 Å². The molecule has 0 unspecified atom stereocenters. The molecule has 2 aromatic carbocycles. The number of carboxylic acids is 1. The van der Waals surface area contributed by atoms with Crippen molar-refractivity contribution in [2.75, 3.05) is 4.90 Å². The van der Waals surface area contributed by atoms with Crippen LogP contribution in [0.25, 0.3) is 0 Å². The number of nitrogens with zero attached hydrogens (tertiary/aromatic N) is 2. The Hall–Kier alpha value is -3.43. The molecular weight excluding hydrogens is 357 g/mol. The van der Waals surface area contributed by atoms with E-state index in [9.17, 15) is 38.0 Å². The fourth-order valence-electron chi connectivity index (χ4n) is 2.23. The predicted molar refractivity (Wildman–Crippen MR) is 83.7 cm³/mol. The van der Waals surface area contributed by atoms with Crippen molar-refractivity contribution in [3.05, 3.63) is 69.8 Å². The van der Waals surface area contributed by atoms with Gasteiger partial charge in [-0.05, 0) is 11.6 Å². The average Bonchev–Trinajstić information content (AvgIpc) is 2.58. The maximum absolute atomic E-state index is 13.0. The van der Waals surface area contributed by atoms with Gasteiger partial charge in [0.05, 0.1) is 22.7 Å². The zero-order chi connectivity index (χ0) is 19.5. The first-order valence-corrected chi connectivity index (χ1v) is 7.05. The molecule has 0 aliphatic heterocycles. The highest BCUT2D eigenvalue weighted by molar-refractivity contribution is 6.04. The largest absolute Gasteiger partial charge is 0.478 e. The summed E-state index contributed by atoms with van der Waals surface area (Å²) in [5.41, 5.74) is -1.67. The molecule has 136 valence electrons. The minimum atomic E-state index is -5.26. The summed E-state index contributed by atoms with van der Waals surface area (Å²) in [6.45, 7) is -0.558. The number of aromatic carboxylic acids is 1. The summed E-state index contributed by atoms with van der Waals surface area (Å²) >= 11 is 0. The molecule has 0 spiro atoms. The maximum Gasteiger partial charge on any atom is 0.471 e. The van der Waals surface area contributed by atoms with Gasteiger partial charge < -0.3 is 5.11 Å². The number of benzene rings is 2. The number of nitro groups is 1. The van der Waals surface area contributed by atoms with Crippen molar-refractivity contribution < 1.29 is 32.8 Å². The molecule has 0 radical (unpaired) electrons. The number of rotatable bonds is 5. The van der Waals surface area contributed by atoms with E-state index in [0.717, 1.165) is 12.1 Å². The number of carbonyl (C=O) groups excluding carboxylic acids is 1. The van der Waals surface area contributed by atoms with Gasteiger partial charge in [0.25, 0.3) is 5.69 Å². The molecule has 0 fully saturated rings. The average molecular weight is 368 g/mol. The maximum atomic E-state index is 13.0. The molecule has 1 amide bonds. The smallest absolute Gasteiger partial charge is 0.471 e. The van der Waals surface area contributed by atoms with Gasteiger partial charge >= 0.3 is 18.1 Å². The molecule has 0 aliphatic rings. The molecule has 26 heavy (non-hydrogen) atoms. The van der Waals surface area contributed by atoms with Crippen LogP contribution in [-0.2, 0) is 11.3 Å². The van der Waals surface area contributed by atoms with Crippen LogP contribution in [0.4, 0.5) is 24.5 Å². The van der Waals surface area contributed by atoms with Crippen molar-refractivity contribution in [2.24, 2.45) is 0 Å². The Kier molecular flexibility index (Phi) is 5.24. The minimum absolute atomic E-state index is 0.239. The van der Waals surface area contributed by atoms with Crippen LogP contribution in [0.15, 0.2) is 48.5 Å². The summed E-state index contributed by atoms with van der Waals surface area (Å²) in [5.74, 6) is -3.98. The second-order valence-corrected chi connectivity index (χ2v) is 5.14. The van der Waals surface area contributed by atoms with Gasteiger partial charge in [0.15, 0.2) is 0 Å². The van der Waals surface area contributed by atoms with E-state index in [0.29, 0.717) is 11.6 Å². The number of hydrogen-bond acceptors (Lipinski definition) is 4. The Bertz CT molecular complexity index is 853. The lowest BCUT2D eigenvalue weighted by Crippen LogP contribution is -2.41. The zero-order valence-electron chi connectivity index (χ0n) is 12.9. The summed E-state index contributed by atoms with van der Waals surface area (Å²) in [4.78, 5) is 33.4. The van der Waals surface area contributed by atoms with Gasteiger partial charge in [-0.25, -0.2) is 4.79 Å². The van der Waals surface area contributed by atoms with Crippen LogP contribution in [0.2, 0.25) is 0 Å². The SMILES string of the molecule is O=C(O)c1cc([N+](=O)[O-])ccc1N(Cc1ccccc1)C(=O)C(F)(F)F. The number of nitro benzene ring substituents is 1. The van der Waals surface area contributed by atoms with Crippen LogP contribution in [0.5, 0.6) is 0 Å². The van der Waals surface area contributed by atoms with Crippen molar-refractivity contribution in [2.45, 2.75) is 12.7 Å². The van der Waals surface area contributed by atoms with Crippen molar-refractivity contribution in [1.29, 1.82) is 0 Å². The monoisotopic (exact) mass is 368 g/mol. The van der Waals surface area contributed by atoms with E-state index in [4.69, 9.17) is 0 Å². The Labute approximate surface area is 144 Å². The summed E-state index contributed by atoms with van der Waals surface area (Å²) in [6, 6.07) is 9.88. The number of amides is 1. The normalized spacial score (nSPS) is 11.0. The standard InChI is InChI=1S/C16H11F3N2O5/c17-16(18,19)15(24)20(9-10-4-2-1-3-5-10)13-7-6-11(21(25)26)8-12(13)14(22)23/h1-8H,9H2,(H,22,23). The Morgan fingerprint density at radius 3 is 2.23 bits per heavy atom. The van der Waals surface area contributed by atoms with E-state index >= 15 is 0 Å². The highest BCUT2D eigenvalue weighted by atomic mass is 19.4. The molecule has 2 rings (SSSR count). The molecule has 0 atom stereocenters. The van der Waals surface area contributed by atoms with Crippen molar-refractivity contribution in [3.63, 3.8) is 0 Å². The number of carbonyl (C=O) groups is 2. The molecule has 10 heteroatoms. The summed E-state index contributed by atoms with van der Waals surface area (Å²) < 4.78 is 38.9. The Morgan fingerprint density at radius 1 is 1.12 bits per heavy atom. The number of non-ortho nitro benzene ring substituents is 1. The van der Waals surface area contributed by atoms with Gasteiger partial charge in [-0.2, -0.15) is 13.2 Å².